The van der Waals surface area contributed by atoms with Crippen molar-refractivity contribution in [1.82, 2.24) is 54.8 Å². The number of nitrogens with zero attached hydrogens (tertiary/aromatic N) is 10. The van der Waals surface area contributed by atoms with E-state index in [9.17, 15) is 0 Å². The Labute approximate surface area is 283 Å². The maximum Gasteiger partial charge on any atom is 0.154 e. The molecule has 1 N–H and O–H groups in total. The Kier molecular flexibility index (Phi) is 15.8. The largest absolute Gasteiger partial charge is 0.315 e. The van der Waals surface area contributed by atoms with Crippen molar-refractivity contribution in [2.75, 3.05) is 0 Å². The molecule has 0 aliphatic carbocycles. The molecule has 11 nitrogen and oxygen atoms in total. The first-order valence-corrected chi connectivity index (χ1v) is 17.4. The van der Waals surface area contributed by atoms with Crippen molar-refractivity contribution in [2.24, 2.45) is 0 Å². The van der Waals surface area contributed by atoms with Gasteiger partial charge in [-0.05, 0) is 85.8 Å². The van der Waals surface area contributed by atoms with E-state index in [1.165, 1.54) is 10.4 Å². The second-order valence-electron chi connectivity index (χ2n) is 15.5. The van der Waals surface area contributed by atoms with Gasteiger partial charge in [0.05, 0.1) is 16.9 Å². The number of rotatable bonds is 6. The van der Waals surface area contributed by atoms with Gasteiger partial charge < -0.3 is 4.57 Å². The molecular formula is C34H63N11S. The van der Waals surface area contributed by atoms with Crippen LogP contribution in [0, 0.1) is 0 Å². The molecule has 0 amide bonds. The van der Waals surface area contributed by atoms with Crippen LogP contribution in [-0.4, -0.2) is 54.8 Å². The van der Waals surface area contributed by atoms with Crippen LogP contribution in [0.25, 0.3) is 0 Å². The Morgan fingerprint density at radius 2 is 1.24 bits per heavy atom. The molecule has 0 aliphatic heterocycles. The van der Waals surface area contributed by atoms with E-state index >= 15 is 0 Å². The predicted octanol–water partition coefficient (Wildman–Crippen LogP) is 9.15. The van der Waals surface area contributed by atoms with Crippen molar-refractivity contribution in [2.45, 2.75) is 171 Å². The predicted molar refractivity (Wildman–Crippen MR) is 191 cm³/mol. The third-order valence-electron chi connectivity index (χ3n) is 6.92. The number of hydrogen-bond donors (Lipinski definition) is 1. The smallest absolute Gasteiger partial charge is 0.154 e. The Morgan fingerprint density at radius 3 is 1.57 bits per heavy atom. The van der Waals surface area contributed by atoms with Gasteiger partial charge >= 0.3 is 0 Å². The van der Waals surface area contributed by atoms with E-state index < -0.39 is 0 Å². The summed E-state index contributed by atoms with van der Waals surface area (Å²) < 4.78 is 8.19. The van der Waals surface area contributed by atoms with E-state index in [4.69, 9.17) is 0 Å². The number of aromatic amines is 1. The molecule has 0 spiro atoms. The zero-order chi connectivity index (χ0) is 35.6. The van der Waals surface area contributed by atoms with E-state index in [1.54, 1.807) is 17.9 Å². The Morgan fingerprint density at radius 1 is 0.696 bits per heavy atom. The van der Waals surface area contributed by atoms with E-state index in [0.29, 0.717) is 35.6 Å². The van der Waals surface area contributed by atoms with Crippen LogP contribution in [0.3, 0.4) is 0 Å². The minimum Gasteiger partial charge on any atom is -0.315 e. The van der Waals surface area contributed by atoms with E-state index in [2.05, 4.69) is 175 Å². The van der Waals surface area contributed by atoms with Crippen LogP contribution in [0.4, 0.5) is 0 Å². The average Bonchev–Trinajstić information content (AvgIpc) is 3.74. The van der Waals surface area contributed by atoms with Crippen molar-refractivity contribution in [3.63, 3.8) is 0 Å². The summed E-state index contributed by atoms with van der Waals surface area (Å²) in [5.74, 6) is 4.54. The Balaban J connectivity index is 0.000000307. The highest BCUT2D eigenvalue weighted by Gasteiger charge is 2.22. The van der Waals surface area contributed by atoms with Crippen LogP contribution in [0.5, 0.6) is 0 Å². The quantitative estimate of drug-likeness (QED) is 0.217. The molecule has 0 radical (unpaired) electrons. The fourth-order valence-corrected chi connectivity index (χ4v) is 5.30. The highest BCUT2D eigenvalue weighted by Crippen LogP contribution is 2.28. The monoisotopic (exact) mass is 657 g/mol. The summed E-state index contributed by atoms with van der Waals surface area (Å²) in [5.41, 5.74) is 3.68. The summed E-state index contributed by atoms with van der Waals surface area (Å²) in [6, 6.07) is 0.439. The van der Waals surface area contributed by atoms with Gasteiger partial charge in [-0.15, -0.1) is 15.3 Å². The molecule has 12 heteroatoms. The molecule has 0 fully saturated rings. The normalized spacial score (nSPS) is 12.0. The molecule has 0 aliphatic rings. The summed E-state index contributed by atoms with van der Waals surface area (Å²) in [4.78, 5) is 1.44. The van der Waals surface area contributed by atoms with E-state index in [1.807, 2.05) is 10.9 Å². The fraction of sp³-hybridized carbons (Fsp3) is 0.765. The number of aromatic nitrogens is 11. The molecule has 0 saturated carbocycles. The van der Waals surface area contributed by atoms with Gasteiger partial charge in [0, 0.05) is 28.4 Å². The van der Waals surface area contributed by atoms with Gasteiger partial charge in [-0.25, -0.2) is 9.06 Å². The summed E-state index contributed by atoms with van der Waals surface area (Å²) in [6.45, 7) is 38.6. The molecule has 4 aromatic heterocycles. The van der Waals surface area contributed by atoms with Crippen LogP contribution in [0.1, 0.15) is 194 Å². The molecule has 0 unspecified atom stereocenters. The van der Waals surface area contributed by atoms with Gasteiger partial charge in [-0.3, -0.25) is 0 Å². The summed E-state index contributed by atoms with van der Waals surface area (Å²) >= 11 is 1.64. The van der Waals surface area contributed by atoms with Gasteiger partial charge in [0.25, 0.3) is 0 Å². The molecule has 4 heterocycles. The minimum absolute atomic E-state index is 0.0247. The van der Waals surface area contributed by atoms with Gasteiger partial charge in [0.1, 0.15) is 12.2 Å². The zero-order valence-corrected chi connectivity index (χ0v) is 32.8. The maximum absolute atomic E-state index is 4.21. The molecule has 4 rings (SSSR count). The summed E-state index contributed by atoms with van der Waals surface area (Å²) in [6.07, 6.45) is 3.80. The first-order chi connectivity index (χ1) is 21.1. The van der Waals surface area contributed by atoms with Crippen molar-refractivity contribution in [3.05, 3.63) is 46.0 Å². The van der Waals surface area contributed by atoms with E-state index in [-0.39, 0.29) is 11.0 Å². The first kappa shape index (κ1) is 41.0. The topological polar surface area (TPSA) is 129 Å². The van der Waals surface area contributed by atoms with Crippen LogP contribution in [0.2, 0.25) is 0 Å². The first-order valence-electron chi connectivity index (χ1n) is 16.6. The summed E-state index contributed by atoms with van der Waals surface area (Å²) in [7, 11) is 0. The molecular weight excluding hydrogens is 595 g/mol. The number of H-pyrrole nitrogens is 1. The van der Waals surface area contributed by atoms with Crippen molar-refractivity contribution < 1.29 is 0 Å². The Hall–Kier alpha value is -3.02. The average molecular weight is 658 g/mol. The molecule has 260 valence electrons. The second kappa shape index (κ2) is 17.8. The molecule has 0 bridgehead atoms. The fourth-order valence-electron chi connectivity index (χ4n) is 4.42. The second-order valence-corrected chi connectivity index (χ2v) is 16.4. The third-order valence-corrected chi connectivity index (χ3v) is 8.03. The van der Waals surface area contributed by atoms with Gasteiger partial charge in [-0.2, -0.15) is 15.4 Å². The minimum atomic E-state index is -0.0247. The lowest BCUT2D eigenvalue weighted by Gasteiger charge is -2.20. The molecule has 0 aromatic carbocycles. The Bertz CT molecular complexity index is 1240. The lowest BCUT2D eigenvalue weighted by atomic mass is 9.95. The maximum atomic E-state index is 4.21. The van der Waals surface area contributed by atoms with Gasteiger partial charge in [0.2, 0.25) is 0 Å². The van der Waals surface area contributed by atoms with Crippen LogP contribution in [0.15, 0.2) is 12.5 Å². The van der Waals surface area contributed by atoms with Crippen molar-refractivity contribution in [3.8, 4) is 0 Å². The highest BCUT2D eigenvalue weighted by atomic mass is 32.1. The van der Waals surface area contributed by atoms with Crippen molar-refractivity contribution in [1.29, 1.82) is 0 Å². The van der Waals surface area contributed by atoms with E-state index in [0.717, 1.165) is 23.0 Å². The molecule has 0 atom stereocenters. The molecule has 0 saturated heterocycles. The lowest BCUT2D eigenvalue weighted by molar-refractivity contribution is 0.330. The molecule has 4 aromatic rings. The highest BCUT2D eigenvalue weighted by molar-refractivity contribution is 7.06. The van der Waals surface area contributed by atoms with Crippen LogP contribution >= 0.6 is 11.5 Å². The number of hydrogen-bond acceptors (Lipinski definition) is 9. The number of tetrazole rings is 1. The number of nitrogens with one attached hydrogen (secondary N) is 1. The zero-order valence-electron chi connectivity index (χ0n) is 32.0. The third kappa shape index (κ3) is 12.3. The molecule has 46 heavy (non-hydrogen) atoms. The standard InChI is InChI=1S/C9H17N3.C9H15NS.C8H16N4.C8H15N3/c1-7(2)12-6-10-11-8(12)9(3,4)5;1-6(2)8-5-10-11-9(8)7(3)4;1-6(2)7-9-10-11-12(7)8(3,4)5;1-5(2)7-8(6(3)4)10-11-9-7/h6-7H,1-5H3;5-7H,1-4H3;6H,1-5H3;5-6H,1-4H3,(H,9,10,11). The summed E-state index contributed by atoms with van der Waals surface area (Å²) in [5, 5.41) is 30.5. The van der Waals surface area contributed by atoms with Crippen LogP contribution < -0.4 is 0 Å². The van der Waals surface area contributed by atoms with Gasteiger partial charge in [0.15, 0.2) is 5.82 Å². The van der Waals surface area contributed by atoms with Gasteiger partial charge in [-0.1, -0.05) is 90.0 Å². The van der Waals surface area contributed by atoms with Crippen molar-refractivity contribution >= 4 is 11.5 Å². The lowest BCUT2D eigenvalue weighted by Crippen LogP contribution is -2.26. The van der Waals surface area contributed by atoms with Crippen LogP contribution in [-0.2, 0) is 11.0 Å². The SMILES string of the molecule is CC(C)c1cnsc1C(C)C.CC(C)c1n[nH]nc1C(C)C.CC(C)c1nnnn1C(C)(C)C.CC(C)n1cnnc1C(C)(C)C.